The summed E-state index contributed by atoms with van der Waals surface area (Å²) in [7, 11) is 0. The number of fused-ring (bicyclic) bond motifs is 3. The topological polar surface area (TPSA) is 83.1 Å². The van der Waals surface area contributed by atoms with Crippen LogP contribution in [-0.2, 0) is 17.1 Å². The standard InChI is InChI=1S/C12H8N2.2C3H4N2.2ClH.Cu/c1-3-9-5-6-10-4-2-8-14-12(10)11(9)13-7-1;2*1-2-5-3-4-1;;;/h1-8H;2*1-3H,(H,4,5);2*1H;/q;;;;;+2/p-2. The molecule has 0 spiro atoms. The molecule has 27 heavy (non-hydrogen) atoms. The van der Waals surface area contributed by atoms with Crippen LogP contribution in [0.1, 0.15) is 0 Å². The number of hydrogen-bond donors (Lipinski definition) is 2. The number of rotatable bonds is 0. The van der Waals surface area contributed by atoms with Crippen LogP contribution in [-0.4, -0.2) is 29.9 Å². The Labute approximate surface area is 179 Å². The van der Waals surface area contributed by atoms with Crippen LogP contribution in [0.3, 0.4) is 0 Å². The number of benzene rings is 1. The molecule has 4 heterocycles. The normalized spacial score (nSPS) is 8.59. The van der Waals surface area contributed by atoms with Gasteiger partial charge in [-0.2, -0.15) is 0 Å². The van der Waals surface area contributed by atoms with Gasteiger partial charge in [-0.05, 0) is 12.1 Å². The maximum Gasteiger partial charge on any atom is 2.00 e. The fraction of sp³-hybridized carbons (Fsp3) is 0. The number of hydrogen-bond acceptors (Lipinski definition) is 4. The summed E-state index contributed by atoms with van der Waals surface area (Å²) in [5.41, 5.74) is 1.95. The van der Waals surface area contributed by atoms with Gasteiger partial charge in [-0.1, -0.05) is 24.3 Å². The number of aromatic nitrogens is 6. The van der Waals surface area contributed by atoms with E-state index >= 15 is 0 Å². The predicted octanol–water partition coefficient (Wildman–Crippen LogP) is -2.39. The van der Waals surface area contributed by atoms with Crippen LogP contribution in [0.5, 0.6) is 0 Å². The Hall–Kier alpha value is -2.44. The second kappa shape index (κ2) is 13.7. The zero-order valence-corrected chi connectivity index (χ0v) is 16.4. The Morgan fingerprint density at radius 3 is 1.33 bits per heavy atom. The molecule has 0 saturated heterocycles. The fourth-order valence-corrected chi connectivity index (χ4v) is 2.11. The third-order valence-electron chi connectivity index (χ3n) is 3.16. The zero-order valence-electron chi connectivity index (χ0n) is 13.9. The summed E-state index contributed by atoms with van der Waals surface area (Å²) in [5, 5.41) is 2.28. The second-order valence-corrected chi connectivity index (χ2v) is 4.74. The predicted molar refractivity (Wildman–Crippen MR) is 94.2 cm³/mol. The van der Waals surface area contributed by atoms with Crippen molar-refractivity contribution in [3.8, 4) is 0 Å². The van der Waals surface area contributed by atoms with Crippen molar-refractivity contribution in [1.82, 2.24) is 29.9 Å². The molecule has 0 saturated carbocycles. The van der Waals surface area contributed by atoms with Gasteiger partial charge in [-0.15, -0.1) is 0 Å². The molecule has 0 bridgehead atoms. The van der Waals surface area contributed by atoms with Crippen molar-refractivity contribution >= 4 is 21.8 Å². The summed E-state index contributed by atoms with van der Waals surface area (Å²) in [6.45, 7) is 0. The van der Waals surface area contributed by atoms with Crippen molar-refractivity contribution in [2.45, 2.75) is 0 Å². The van der Waals surface area contributed by atoms with E-state index in [0.29, 0.717) is 0 Å². The zero-order chi connectivity index (χ0) is 16.5. The Balaban J connectivity index is 0.000000438. The molecule has 5 aromatic rings. The minimum atomic E-state index is 0. The number of halogens is 2. The van der Waals surface area contributed by atoms with E-state index in [1.165, 1.54) is 0 Å². The minimum absolute atomic E-state index is 0. The molecule has 4 aromatic heterocycles. The van der Waals surface area contributed by atoms with Gasteiger partial charge in [0, 0.05) is 48.0 Å². The van der Waals surface area contributed by atoms with E-state index in [0.717, 1.165) is 21.8 Å². The Bertz CT molecular complexity index is 862. The molecule has 2 N–H and O–H groups in total. The van der Waals surface area contributed by atoms with Crippen LogP contribution in [0.15, 0.2) is 86.2 Å². The number of H-pyrrole nitrogens is 2. The molecular weight excluding hydrogens is 435 g/mol. The van der Waals surface area contributed by atoms with E-state index in [-0.39, 0.29) is 41.9 Å². The van der Waals surface area contributed by atoms with E-state index in [4.69, 9.17) is 0 Å². The first-order valence-corrected chi connectivity index (χ1v) is 7.39. The molecular formula is C18H16Cl2CuN6. The van der Waals surface area contributed by atoms with Crippen molar-refractivity contribution < 1.29 is 41.9 Å². The van der Waals surface area contributed by atoms with Gasteiger partial charge in [0.25, 0.3) is 0 Å². The van der Waals surface area contributed by atoms with Crippen molar-refractivity contribution in [1.29, 1.82) is 0 Å². The molecule has 0 aliphatic heterocycles. The molecule has 6 nitrogen and oxygen atoms in total. The Kier molecular flexibility index (Phi) is 12.5. The average Bonchev–Trinajstić information content (AvgIpc) is 3.40. The van der Waals surface area contributed by atoms with Crippen LogP contribution >= 0.6 is 0 Å². The van der Waals surface area contributed by atoms with Crippen LogP contribution in [0, 0.1) is 0 Å². The van der Waals surface area contributed by atoms with Gasteiger partial charge in [0.1, 0.15) is 0 Å². The molecule has 0 unspecified atom stereocenters. The number of aromatic amines is 2. The molecule has 9 heteroatoms. The summed E-state index contributed by atoms with van der Waals surface area (Å²) >= 11 is 0. The first-order chi connectivity index (χ1) is 11.9. The van der Waals surface area contributed by atoms with Crippen molar-refractivity contribution in [2.24, 2.45) is 0 Å². The van der Waals surface area contributed by atoms with Gasteiger partial charge in [-0.25, -0.2) is 9.97 Å². The van der Waals surface area contributed by atoms with Crippen LogP contribution in [0.2, 0.25) is 0 Å². The maximum atomic E-state index is 4.35. The van der Waals surface area contributed by atoms with Crippen molar-refractivity contribution in [3.05, 3.63) is 86.2 Å². The van der Waals surface area contributed by atoms with E-state index in [2.05, 4.69) is 54.2 Å². The quantitative estimate of drug-likeness (QED) is 0.204. The van der Waals surface area contributed by atoms with E-state index < -0.39 is 0 Å². The largest absolute Gasteiger partial charge is 2.00 e. The first kappa shape index (κ1) is 24.6. The average molecular weight is 451 g/mol. The van der Waals surface area contributed by atoms with Gasteiger partial charge in [0.2, 0.25) is 0 Å². The molecule has 0 atom stereocenters. The summed E-state index contributed by atoms with van der Waals surface area (Å²) in [4.78, 5) is 21.5. The van der Waals surface area contributed by atoms with Crippen LogP contribution in [0.25, 0.3) is 21.8 Å². The molecule has 0 fully saturated rings. The number of nitrogens with one attached hydrogen (secondary N) is 2. The van der Waals surface area contributed by atoms with Crippen LogP contribution < -0.4 is 24.8 Å². The van der Waals surface area contributed by atoms with E-state index in [9.17, 15) is 0 Å². The molecule has 0 aliphatic rings. The van der Waals surface area contributed by atoms with Crippen molar-refractivity contribution in [2.75, 3.05) is 0 Å². The number of pyridine rings is 2. The Morgan fingerprint density at radius 2 is 1.04 bits per heavy atom. The first-order valence-electron chi connectivity index (χ1n) is 7.39. The van der Waals surface area contributed by atoms with E-state index in [1.54, 1.807) is 49.8 Å². The number of imidazole rings is 2. The number of nitrogens with zero attached hydrogens (tertiary/aromatic N) is 4. The van der Waals surface area contributed by atoms with Gasteiger partial charge in [0.05, 0.1) is 23.7 Å². The minimum Gasteiger partial charge on any atom is -1.00 e. The second-order valence-electron chi connectivity index (χ2n) is 4.74. The van der Waals surface area contributed by atoms with Gasteiger partial charge in [-0.3, -0.25) is 9.97 Å². The molecule has 1 radical (unpaired) electrons. The smallest absolute Gasteiger partial charge is 1.00 e. The SMILES string of the molecule is [Cl-].[Cl-].[Cu+2].c1c[nH]cn1.c1c[nH]cn1.c1cnc2c(c1)ccc1cccnc12. The molecule has 1 aromatic carbocycles. The summed E-state index contributed by atoms with van der Waals surface area (Å²) in [6, 6.07) is 12.1. The maximum absolute atomic E-state index is 4.35. The van der Waals surface area contributed by atoms with E-state index in [1.807, 2.05) is 12.1 Å². The summed E-state index contributed by atoms with van der Waals surface area (Å²) < 4.78 is 0. The molecule has 0 amide bonds. The van der Waals surface area contributed by atoms with Crippen LogP contribution in [0.4, 0.5) is 0 Å². The summed E-state index contributed by atoms with van der Waals surface area (Å²) in [5.74, 6) is 0. The monoisotopic (exact) mass is 449 g/mol. The van der Waals surface area contributed by atoms with Gasteiger partial charge in [0.15, 0.2) is 0 Å². The molecule has 5 rings (SSSR count). The van der Waals surface area contributed by atoms with Gasteiger partial charge < -0.3 is 34.8 Å². The van der Waals surface area contributed by atoms with Crippen molar-refractivity contribution in [3.63, 3.8) is 0 Å². The summed E-state index contributed by atoms with van der Waals surface area (Å²) in [6.07, 6.45) is 13.8. The Morgan fingerprint density at radius 1 is 0.593 bits per heavy atom. The third-order valence-corrected chi connectivity index (χ3v) is 3.16. The molecule has 0 aliphatic carbocycles. The molecule has 143 valence electrons. The van der Waals surface area contributed by atoms with Gasteiger partial charge >= 0.3 is 17.1 Å². The third kappa shape index (κ3) is 7.37. The fourth-order valence-electron chi connectivity index (χ4n) is 2.11.